The third-order valence-electron chi connectivity index (χ3n) is 7.73. The van der Waals surface area contributed by atoms with E-state index in [9.17, 15) is 81.5 Å². The van der Waals surface area contributed by atoms with Crippen molar-refractivity contribution in [3.05, 3.63) is 99.7 Å². The van der Waals surface area contributed by atoms with Gasteiger partial charge in [-0.25, -0.2) is 22.1 Å². The summed E-state index contributed by atoms with van der Waals surface area (Å²) in [6, 6.07) is 0. The number of aliphatic hydroxyl groups excluding tert-OH is 1. The van der Waals surface area contributed by atoms with E-state index in [-0.39, 0.29) is 779 Å². The van der Waals surface area contributed by atoms with Gasteiger partial charge in [0.25, 0.3) is 0 Å². The molecular formula is C71H122O33Rb12+2. The number of unbranched alkanes of at least 4 members (excludes halogenated alkanes) is 5. The van der Waals surface area contributed by atoms with E-state index in [1.165, 1.54) is 102 Å². The van der Waals surface area contributed by atoms with Crippen LogP contribution in [0.3, 0.4) is 0 Å². The molecule has 0 radical (unpaired) electrons. The van der Waals surface area contributed by atoms with Crippen molar-refractivity contribution in [2.45, 2.75) is 182 Å². The first-order chi connectivity index (χ1) is 48.3. The first-order valence-electron chi connectivity index (χ1n) is 30.9. The first-order valence-corrected chi connectivity index (χ1v) is 30.9. The Morgan fingerprint density at radius 2 is 0.681 bits per heavy atom. The molecule has 0 aromatic carbocycles. The minimum atomic E-state index is -1.44. The Labute approximate surface area is 1280 Å². The second-order valence-corrected chi connectivity index (χ2v) is 18.5. The second kappa shape index (κ2) is 183. The average Bonchev–Trinajstić information content (AvgIpc) is 1.03. The SMILES string of the molecule is CC(C)=O.CC(C)CC(=O)O.COC(=O)C=C(C)C.COC(=O)C=C(C)C.COC(=O)CC(=O)OC.COC(=O)[CH-]C(=O)OC.C[CH-]/C=C/C(=O)OC.C[CH-]C(=O)O.C[CH-]C(=O)OCC.C[CH-]CC=O.C[CH-]CCC(=O)O.C[CH-]CCC(=O)O.C[CH-]CCC(=O)OC.C[CH-]CCO.O=C(O)[CH-]C(=O)O.[Rb+].[Rb+].[Rb+].[Rb+].[Rb+].[Rb+].[Rb+].[Rb+].[Rb+].[Rb+].[Rb+].[Rb+]. The molecule has 0 rings (SSSR count). The molecule has 0 unspecified atom stereocenters. The van der Waals surface area contributed by atoms with Gasteiger partial charge in [0.1, 0.15) is 12.2 Å². The van der Waals surface area contributed by atoms with Crippen LogP contribution in [0.4, 0.5) is 0 Å². The Hall–Kier alpha value is 11.6. The van der Waals surface area contributed by atoms with Gasteiger partial charge in [-0.3, -0.25) is 75.2 Å². The number of carboxylic acid groups (broad SMARTS) is 6. The Bertz CT molecular complexity index is 2170. The third-order valence-corrected chi connectivity index (χ3v) is 7.73. The molecule has 7 N–H and O–H groups in total. The van der Waals surface area contributed by atoms with Crippen LogP contribution in [0.1, 0.15) is 182 Å². The fourth-order valence-corrected chi connectivity index (χ4v) is 3.11. The summed E-state index contributed by atoms with van der Waals surface area (Å²) in [5.41, 5.74) is 1.91. The fraction of sp³-hybridized carbons (Fsp3) is 0.535. The third kappa shape index (κ3) is 316. The number of aliphatic hydroxyl groups is 1. The van der Waals surface area contributed by atoms with Crippen LogP contribution in [0.25, 0.3) is 0 Å². The average molecular weight is 2530 g/mol. The summed E-state index contributed by atoms with van der Waals surface area (Å²) in [4.78, 5) is 168. The van der Waals surface area contributed by atoms with Gasteiger partial charge in [-0.2, -0.15) is 87.0 Å². The topological polar surface area (TPSA) is 515 Å². The molecule has 0 aliphatic rings. The van der Waals surface area contributed by atoms with Crippen molar-refractivity contribution in [1.82, 2.24) is 0 Å². The molecule has 0 atom stereocenters. The molecule has 0 amide bonds. The van der Waals surface area contributed by atoms with Crippen molar-refractivity contribution in [2.24, 2.45) is 5.92 Å². The molecule has 0 saturated carbocycles. The van der Waals surface area contributed by atoms with E-state index >= 15 is 0 Å². The van der Waals surface area contributed by atoms with Gasteiger partial charge in [0.05, 0.1) is 69.8 Å². The normalized spacial score (nSPS) is 7.30. The van der Waals surface area contributed by atoms with E-state index in [0.717, 1.165) is 43.1 Å². The number of rotatable bonds is 28. The molecule has 0 saturated heterocycles. The smallest absolute Gasteiger partial charge is 0.503 e. The van der Waals surface area contributed by atoms with E-state index < -0.39 is 59.7 Å². The number of methoxy groups -OCH3 is 8. The summed E-state index contributed by atoms with van der Waals surface area (Å²) in [5, 5.41) is 55.1. The standard InChI is InChI=1S/2C6H10O2.C6H11O2.C6H9O2.C5H8O4.C5H7O4.C5H10O2.3C5H9O2.C4H9O.C4H7O.C3H3O4.C3H5O2.C3H6O.12Rb/c2*1-5(2)4-6(7)8-3;2*1-3-4-5-6(7)8-2;2*1-8-4(6)3-5(7)9-2;1-4(2)3-5(6)7;1-3-5(6)7-4-2;2*1-2-3-4-5(6)7;2*1-2-3-4-5;4-2(5)1-3(6)7;1-2-3(4)5;1-3(2)4;;;;;;;;;;;;/h2*4H,1-3H3;3H,4-5H2,1-2H3;3-5H,1-2H3;3H2,1-2H3;3H,1-2H3;4H,3H2,1-2H3,(H,6,7);3H,4H2,1-2H3;2*2H,3-4H2,1H3,(H,6,7);2,5H,3-4H2,1H3;2,4H,3H2,1H3;1H,(H,4,5)(H,6,7);2H,1H3,(H,4,5);1-2H3;;;;;;;;;;;;/q;;2*-1;;-1;;7*-1;;12*+1/b;;;5-4+;;;;;;;;;;;;;;;;;;;;;;;. The first kappa shape index (κ1) is 202. The van der Waals surface area contributed by atoms with Crippen molar-refractivity contribution in [2.75, 3.05) is 70.1 Å². The Kier molecular flexibility index (Phi) is 318. The molecule has 614 valence electrons. The summed E-state index contributed by atoms with van der Waals surface area (Å²) < 4.78 is 38.5. The summed E-state index contributed by atoms with van der Waals surface area (Å²) in [6.07, 6.45) is 25.8. The molecule has 33 nitrogen and oxygen atoms in total. The number of Topliss-reactive ketones (excluding diaryl/α,β-unsaturated/α-hetero) is 1. The summed E-state index contributed by atoms with van der Waals surface area (Å²) in [6.45, 7) is 31.1. The van der Waals surface area contributed by atoms with Crippen molar-refractivity contribution in [3.8, 4) is 0 Å². The van der Waals surface area contributed by atoms with Gasteiger partial charge in [0, 0.05) is 44.4 Å². The largest absolute Gasteiger partial charge is 1.00 e. The number of carboxylic acids is 6. The predicted molar refractivity (Wildman–Crippen MR) is 385 cm³/mol. The van der Waals surface area contributed by atoms with Crippen LogP contribution in [0, 0.1) is 70.1 Å². The molecule has 0 bridgehead atoms. The van der Waals surface area contributed by atoms with E-state index in [4.69, 9.17) is 35.7 Å². The quantitative estimate of drug-likeness (QED) is 0.00955. The monoisotopic (exact) mass is 2520 g/mol. The zero-order chi connectivity index (χ0) is 85.4. The van der Waals surface area contributed by atoms with Crippen molar-refractivity contribution < 1.29 is 858 Å². The summed E-state index contributed by atoms with van der Waals surface area (Å²) >= 11 is 0. The number of ether oxygens (including phenoxy) is 9. The fourth-order valence-electron chi connectivity index (χ4n) is 3.11. The van der Waals surface area contributed by atoms with Gasteiger partial charge in [-0.05, 0) is 54.4 Å². The number of carbonyl (C=O) groups excluding carboxylic acids is 11. The molecule has 0 aromatic rings. The molecule has 0 fully saturated rings. The number of allylic oxidation sites excluding steroid dienone is 3. The van der Waals surface area contributed by atoms with Crippen LogP contribution in [-0.2, 0) is 124 Å². The Morgan fingerprint density at radius 1 is 0.379 bits per heavy atom. The maximum atomic E-state index is 10.3. The van der Waals surface area contributed by atoms with Gasteiger partial charge < -0.3 is 120 Å². The van der Waals surface area contributed by atoms with E-state index in [1.54, 1.807) is 26.3 Å². The molecule has 116 heavy (non-hydrogen) atoms. The van der Waals surface area contributed by atoms with E-state index in [0.29, 0.717) is 32.3 Å². The molecule has 0 spiro atoms. The molecular weight excluding hydrogens is 2410 g/mol. The number of hydrogen-bond acceptors (Lipinski definition) is 27. The molecule has 0 aromatic heterocycles. The minimum Gasteiger partial charge on any atom is -0.503 e. The van der Waals surface area contributed by atoms with Crippen LogP contribution in [0.2, 0.25) is 0 Å². The van der Waals surface area contributed by atoms with Gasteiger partial charge >= 0.3 is 746 Å². The Balaban J connectivity index is -0.0000000292. The number of ketones is 1. The number of esters is 9. The van der Waals surface area contributed by atoms with Crippen LogP contribution < -0.4 is 698 Å². The maximum Gasteiger partial charge on any atom is 1.00 e. The zero-order valence-corrected chi connectivity index (χ0v) is 136. The second-order valence-electron chi connectivity index (χ2n) is 18.5. The van der Waals surface area contributed by atoms with E-state index in [2.05, 4.69) is 42.6 Å². The van der Waals surface area contributed by atoms with Gasteiger partial charge in [-0.15, -0.1) is 19.4 Å². The van der Waals surface area contributed by atoms with Crippen LogP contribution in [-0.4, -0.2) is 207 Å². The number of carbonyl (C=O) groups is 17. The van der Waals surface area contributed by atoms with E-state index in [1.807, 2.05) is 115 Å². The number of hydrogen-bond donors (Lipinski definition) is 7. The summed E-state index contributed by atoms with van der Waals surface area (Å²) in [7, 11) is 10.3. The molecule has 0 heterocycles. The minimum absolute atomic E-state index is 0. The van der Waals surface area contributed by atoms with Crippen molar-refractivity contribution >= 4 is 102 Å². The number of aldehydes is 1. The van der Waals surface area contributed by atoms with Crippen molar-refractivity contribution in [1.29, 1.82) is 0 Å². The van der Waals surface area contributed by atoms with Crippen molar-refractivity contribution in [3.63, 3.8) is 0 Å². The van der Waals surface area contributed by atoms with Gasteiger partial charge in [0.2, 0.25) is 5.97 Å². The maximum absolute atomic E-state index is 10.3. The predicted octanol–water partition coefficient (Wildman–Crippen LogP) is -26.7. The van der Waals surface area contributed by atoms with Crippen LogP contribution >= 0.6 is 0 Å². The molecule has 0 aliphatic heterocycles. The van der Waals surface area contributed by atoms with Crippen LogP contribution in [0.5, 0.6) is 0 Å². The zero-order valence-electron chi connectivity index (χ0n) is 77.5. The molecule has 0 aliphatic carbocycles. The van der Waals surface area contributed by atoms with Gasteiger partial charge in [-0.1, -0.05) is 25.0 Å². The van der Waals surface area contributed by atoms with Crippen LogP contribution in [0.15, 0.2) is 35.5 Å². The van der Waals surface area contributed by atoms with Gasteiger partial charge in [0.15, 0.2) is 35.8 Å². The Morgan fingerprint density at radius 3 is 0.793 bits per heavy atom. The number of aliphatic carboxylic acids is 6. The molecule has 45 heteroatoms. The summed E-state index contributed by atoms with van der Waals surface area (Å²) in [5.74, 6) is -9.31.